The van der Waals surface area contributed by atoms with Crippen molar-refractivity contribution in [3.63, 3.8) is 0 Å². The lowest BCUT2D eigenvalue weighted by molar-refractivity contribution is 0.844. The van der Waals surface area contributed by atoms with Gasteiger partial charge >= 0.3 is 0 Å². The van der Waals surface area contributed by atoms with Crippen molar-refractivity contribution < 1.29 is 0 Å². The molecule has 2 aromatic carbocycles. The van der Waals surface area contributed by atoms with E-state index < -0.39 is 0 Å². The normalized spacial score (nSPS) is 11.8. The molecule has 0 aliphatic carbocycles. The van der Waals surface area contributed by atoms with E-state index in [0.717, 1.165) is 15.6 Å². The fourth-order valence-electron chi connectivity index (χ4n) is 1.84. The van der Waals surface area contributed by atoms with E-state index in [2.05, 4.69) is 22.0 Å². The van der Waals surface area contributed by atoms with Gasteiger partial charge in [-0.05, 0) is 35.7 Å². The van der Waals surface area contributed by atoms with Gasteiger partial charge in [0.2, 0.25) is 0 Å². The fraction of sp³-hybridized carbons (Fsp3) is 0.133. The lowest BCUT2D eigenvalue weighted by Gasteiger charge is -2.11. The van der Waals surface area contributed by atoms with Crippen molar-refractivity contribution in [2.45, 2.75) is 12.3 Å². The topological polar surface area (TPSA) is 23.8 Å². The van der Waals surface area contributed by atoms with Gasteiger partial charge in [0.05, 0.1) is 12.0 Å². The molecule has 0 unspecified atom stereocenters. The van der Waals surface area contributed by atoms with E-state index in [1.165, 1.54) is 0 Å². The monoisotopic (exact) mass is 319 g/mol. The first-order valence-electron chi connectivity index (χ1n) is 5.59. The van der Waals surface area contributed by atoms with E-state index in [1.54, 1.807) is 0 Å². The van der Waals surface area contributed by atoms with Crippen molar-refractivity contribution in [1.82, 2.24) is 0 Å². The number of nitrogens with zero attached hydrogens (tertiary/aromatic N) is 1. The standard InChI is InChI=1S/C15H11BrClN/c16-15-4-2-1-3-14(15)12(10-18)9-11-5-7-13(17)8-6-11/h1-8,12H,9H2/t12-/m0/s1. The minimum Gasteiger partial charge on any atom is -0.198 e. The minimum absolute atomic E-state index is 0.151. The van der Waals surface area contributed by atoms with Gasteiger partial charge in [0.1, 0.15) is 0 Å². The van der Waals surface area contributed by atoms with Crippen LogP contribution in [0.15, 0.2) is 53.0 Å². The highest BCUT2D eigenvalue weighted by Gasteiger charge is 2.14. The number of hydrogen-bond acceptors (Lipinski definition) is 1. The van der Waals surface area contributed by atoms with E-state index >= 15 is 0 Å². The molecule has 0 aliphatic heterocycles. The Morgan fingerprint density at radius 2 is 1.78 bits per heavy atom. The van der Waals surface area contributed by atoms with E-state index in [9.17, 15) is 5.26 Å². The number of benzene rings is 2. The molecule has 0 N–H and O–H groups in total. The van der Waals surface area contributed by atoms with Gasteiger partial charge in [0.15, 0.2) is 0 Å². The molecule has 0 fully saturated rings. The first-order valence-corrected chi connectivity index (χ1v) is 6.76. The van der Waals surface area contributed by atoms with Gasteiger partial charge in [-0.3, -0.25) is 0 Å². The summed E-state index contributed by atoms with van der Waals surface area (Å²) in [5, 5.41) is 10.0. The summed E-state index contributed by atoms with van der Waals surface area (Å²) < 4.78 is 0.977. The molecule has 0 spiro atoms. The Labute approximate surface area is 120 Å². The quantitative estimate of drug-likeness (QED) is 0.784. The molecule has 0 amide bonds. The zero-order valence-electron chi connectivity index (χ0n) is 9.61. The molecule has 0 radical (unpaired) electrons. The van der Waals surface area contributed by atoms with Crippen LogP contribution >= 0.6 is 27.5 Å². The van der Waals surface area contributed by atoms with Crippen molar-refractivity contribution in [2.75, 3.05) is 0 Å². The van der Waals surface area contributed by atoms with Crippen molar-refractivity contribution in [3.8, 4) is 6.07 Å². The maximum absolute atomic E-state index is 9.32. The van der Waals surface area contributed by atoms with Crippen LogP contribution < -0.4 is 0 Å². The molecule has 0 saturated carbocycles. The Hall–Kier alpha value is -1.30. The summed E-state index contributed by atoms with van der Waals surface area (Å²) in [4.78, 5) is 0. The Kier molecular flexibility index (Phi) is 4.41. The average Bonchev–Trinajstić information content (AvgIpc) is 2.39. The Balaban J connectivity index is 2.23. The van der Waals surface area contributed by atoms with Crippen LogP contribution in [0.2, 0.25) is 5.02 Å². The highest BCUT2D eigenvalue weighted by atomic mass is 79.9. The molecule has 0 heterocycles. The Morgan fingerprint density at radius 1 is 1.11 bits per heavy atom. The van der Waals surface area contributed by atoms with Crippen molar-refractivity contribution >= 4 is 27.5 Å². The number of nitriles is 1. The number of rotatable bonds is 3. The molecule has 1 nitrogen and oxygen atoms in total. The average molecular weight is 321 g/mol. The lowest BCUT2D eigenvalue weighted by atomic mass is 9.93. The molecule has 0 aromatic heterocycles. The molecule has 0 saturated heterocycles. The maximum atomic E-state index is 9.32. The van der Waals surface area contributed by atoms with Gasteiger partial charge in [0, 0.05) is 9.50 Å². The van der Waals surface area contributed by atoms with Gasteiger partial charge < -0.3 is 0 Å². The summed E-state index contributed by atoms with van der Waals surface area (Å²) in [7, 11) is 0. The van der Waals surface area contributed by atoms with Crippen molar-refractivity contribution in [1.29, 1.82) is 5.26 Å². The third kappa shape index (κ3) is 3.13. The van der Waals surface area contributed by atoms with Gasteiger partial charge in [0.25, 0.3) is 0 Å². The lowest BCUT2D eigenvalue weighted by Crippen LogP contribution is -2.01. The van der Waals surface area contributed by atoms with E-state index in [1.807, 2.05) is 48.5 Å². The Bertz CT molecular complexity index is 572. The van der Waals surface area contributed by atoms with Gasteiger partial charge in [-0.2, -0.15) is 5.26 Å². The summed E-state index contributed by atoms with van der Waals surface area (Å²) in [5.74, 6) is -0.151. The molecule has 3 heteroatoms. The smallest absolute Gasteiger partial charge is 0.0763 e. The number of halogens is 2. The van der Waals surface area contributed by atoms with Gasteiger partial charge in [-0.25, -0.2) is 0 Å². The molecule has 0 aliphatic rings. The van der Waals surface area contributed by atoms with Crippen LogP contribution in [0, 0.1) is 11.3 Å². The van der Waals surface area contributed by atoms with Crippen LogP contribution in [0.5, 0.6) is 0 Å². The molecular weight excluding hydrogens is 310 g/mol. The molecule has 0 bridgehead atoms. The van der Waals surface area contributed by atoms with Crippen molar-refractivity contribution in [2.24, 2.45) is 0 Å². The van der Waals surface area contributed by atoms with Gasteiger partial charge in [-0.1, -0.05) is 57.9 Å². The second-order valence-electron chi connectivity index (χ2n) is 4.03. The zero-order valence-corrected chi connectivity index (χ0v) is 11.9. The SMILES string of the molecule is N#C[C@H](Cc1ccc(Cl)cc1)c1ccccc1Br. The second kappa shape index (κ2) is 6.04. The molecule has 1 atom stereocenters. The fourth-order valence-corrected chi connectivity index (χ4v) is 2.53. The van der Waals surface area contributed by atoms with E-state index in [-0.39, 0.29) is 5.92 Å². The molecule has 2 rings (SSSR count). The third-order valence-corrected chi connectivity index (χ3v) is 3.76. The molecule has 2 aromatic rings. The second-order valence-corrected chi connectivity index (χ2v) is 5.32. The van der Waals surface area contributed by atoms with Crippen LogP contribution in [0.1, 0.15) is 17.0 Å². The molecule has 90 valence electrons. The van der Waals surface area contributed by atoms with Crippen LogP contribution in [0.25, 0.3) is 0 Å². The van der Waals surface area contributed by atoms with Crippen LogP contribution in [-0.4, -0.2) is 0 Å². The Morgan fingerprint density at radius 3 is 2.39 bits per heavy atom. The van der Waals surface area contributed by atoms with Crippen LogP contribution in [0.3, 0.4) is 0 Å². The maximum Gasteiger partial charge on any atom is 0.0763 e. The molecule has 18 heavy (non-hydrogen) atoms. The summed E-state index contributed by atoms with van der Waals surface area (Å²) in [6.07, 6.45) is 0.691. The predicted octanol–water partition coefficient (Wildman–Crippen LogP) is 4.95. The van der Waals surface area contributed by atoms with E-state index in [4.69, 9.17) is 11.6 Å². The molecular formula is C15H11BrClN. The number of hydrogen-bond donors (Lipinski definition) is 0. The first kappa shape index (κ1) is 13.1. The minimum atomic E-state index is -0.151. The van der Waals surface area contributed by atoms with Crippen molar-refractivity contribution in [3.05, 3.63) is 69.2 Å². The highest BCUT2D eigenvalue weighted by molar-refractivity contribution is 9.10. The van der Waals surface area contributed by atoms with Gasteiger partial charge in [-0.15, -0.1) is 0 Å². The van der Waals surface area contributed by atoms with E-state index in [0.29, 0.717) is 11.4 Å². The highest BCUT2D eigenvalue weighted by Crippen LogP contribution is 2.27. The third-order valence-electron chi connectivity index (χ3n) is 2.79. The predicted molar refractivity (Wildman–Crippen MR) is 77.7 cm³/mol. The summed E-state index contributed by atoms with van der Waals surface area (Å²) in [6, 6.07) is 17.8. The first-order chi connectivity index (χ1) is 8.70. The van der Waals surface area contributed by atoms with Crippen LogP contribution in [0.4, 0.5) is 0 Å². The van der Waals surface area contributed by atoms with Crippen LogP contribution in [-0.2, 0) is 6.42 Å². The zero-order chi connectivity index (χ0) is 13.0. The summed E-state index contributed by atoms with van der Waals surface area (Å²) in [5.41, 5.74) is 2.14. The summed E-state index contributed by atoms with van der Waals surface area (Å²) >= 11 is 9.34. The largest absolute Gasteiger partial charge is 0.198 e. The summed E-state index contributed by atoms with van der Waals surface area (Å²) in [6.45, 7) is 0.